The number of aliphatic hydroxyl groups is 1. The molecule has 0 unspecified atom stereocenters. The second-order valence-corrected chi connectivity index (χ2v) is 3.78. The highest BCUT2D eigenvalue weighted by molar-refractivity contribution is 5.30. The Labute approximate surface area is 80.0 Å². The highest BCUT2D eigenvalue weighted by Crippen LogP contribution is 2.03. The first kappa shape index (κ1) is 10.5. The molecule has 0 fully saturated rings. The summed E-state index contributed by atoms with van der Waals surface area (Å²) < 4.78 is 1.16. The summed E-state index contributed by atoms with van der Waals surface area (Å²) in [4.78, 5) is 24.2. The van der Waals surface area contributed by atoms with Crippen molar-refractivity contribution in [2.24, 2.45) is 0 Å². The second-order valence-electron chi connectivity index (χ2n) is 3.78. The molecule has 1 aromatic heterocycles. The summed E-state index contributed by atoms with van der Waals surface area (Å²) in [5, 5.41) is 9.46. The minimum absolute atomic E-state index is 0.0474. The molecule has 1 aromatic rings. The van der Waals surface area contributed by atoms with Gasteiger partial charge in [0.25, 0.3) is 5.56 Å². The molecule has 0 radical (unpaired) electrons. The smallest absolute Gasteiger partial charge is 0.328 e. The number of nitrogens with zero attached hydrogens (tertiary/aromatic N) is 1. The Morgan fingerprint density at radius 2 is 2.14 bits per heavy atom. The Balaban J connectivity index is 3.18. The zero-order valence-electron chi connectivity index (χ0n) is 8.07. The lowest BCUT2D eigenvalue weighted by Gasteiger charge is -2.18. The van der Waals surface area contributed by atoms with E-state index in [1.165, 1.54) is 6.20 Å². The first-order chi connectivity index (χ1) is 6.29. The van der Waals surface area contributed by atoms with Crippen LogP contribution < -0.4 is 17.0 Å². The van der Waals surface area contributed by atoms with E-state index in [4.69, 9.17) is 5.73 Å². The molecule has 0 aromatic carbocycles. The van der Waals surface area contributed by atoms with Gasteiger partial charge in [0.2, 0.25) is 0 Å². The molecular formula is C8H13N3O3. The van der Waals surface area contributed by atoms with E-state index >= 15 is 0 Å². The molecular weight excluding hydrogens is 186 g/mol. The van der Waals surface area contributed by atoms with Crippen LogP contribution in [0.25, 0.3) is 0 Å². The molecule has 0 saturated carbocycles. The molecule has 78 valence electrons. The quantitative estimate of drug-likeness (QED) is 0.562. The zero-order valence-corrected chi connectivity index (χ0v) is 8.07. The molecule has 0 aliphatic carbocycles. The molecule has 0 bridgehead atoms. The van der Waals surface area contributed by atoms with Crippen molar-refractivity contribution in [3.05, 3.63) is 27.0 Å². The molecule has 0 spiro atoms. The van der Waals surface area contributed by atoms with Crippen molar-refractivity contribution < 1.29 is 5.11 Å². The van der Waals surface area contributed by atoms with Gasteiger partial charge in [0.05, 0.1) is 12.1 Å². The predicted molar refractivity (Wildman–Crippen MR) is 52.0 cm³/mol. The van der Waals surface area contributed by atoms with Crippen molar-refractivity contribution in [1.29, 1.82) is 0 Å². The van der Waals surface area contributed by atoms with Gasteiger partial charge in [0.15, 0.2) is 0 Å². The first-order valence-corrected chi connectivity index (χ1v) is 4.11. The van der Waals surface area contributed by atoms with Crippen LogP contribution in [0.2, 0.25) is 0 Å². The summed E-state index contributed by atoms with van der Waals surface area (Å²) in [7, 11) is 0. The van der Waals surface area contributed by atoms with E-state index in [2.05, 4.69) is 0 Å². The number of nitrogens with one attached hydrogen (secondary N) is 1. The predicted octanol–water partition coefficient (Wildman–Crippen LogP) is -1.11. The summed E-state index contributed by atoms with van der Waals surface area (Å²) >= 11 is 0. The van der Waals surface area contributed by atoms with Crippen LogP contribution in [-0.4, -0.2) is 20.3 Å². The molecule has 0 saturated heterocycles. The molecule has 6 nitrogen and oxygen atoms in total. The van der Waals surface area contributed by atoms with Crippen LogP contribution in [-0.2, 0) is 6.54 Å². The van der Waals surface area contributed by atoms with E-state index in [-0.39, 0.29) is 12.2 Å². The normalized spacial score (nSPS) is 11.6. The number of nitrogen functional groups attached to an aromatic ring is 1. The van der Waals surface area contributed by atoms with Crippen LogP contribution in [0.15, 0.2) is 15.8 Å². The Bertz CT molecular complexity index is 438. The van der Waals surface area contributed by atoms with Crippen molar-refractivity contribution in [1.82, 2.24) is 9.55 Å². The molecule has 0 amide bonds. The van der Waals surface area contributed by atoms with Gasteiger partial charge in [0.1, 0.15) is 5.69 Å². The number of H-pyrrole nitrogens is 1. The Hall–Kier alpha value is -1.56. The number of anilines is 1. The SMILES string of the molecule is CC(C)(O)Cn1cc(N)c(=O)[nH]c1=O. The standard InChI is InChI=1S/C8H13N3O3/c1-8(2,14)4-11-3-5(9)6(12)10-7(11)13/h3,14H,4,9H2,1-2H3,(H,10,12,13). The van der Waals surface area contributed by atoms with Gasteiger partial charge in [-0.2, -0.15) is 0 Å². The van der Waals surface area contributed by atoms with Gasteiger partial charge < -0.3 is 10.8 Å². The van der Waals surface area contributed by atoms with Gasteiger partial charge in [-0.05, 0) is 13.8 Å². The molecule has 1 rings (SSSR count). The van der Waals surface area contributed by atoms with Crippen molar-refractivity contribution in [3.63, 3.8) is 0 Å². The van der Waals surface area contributed by atoms with Crippen molar-refractivity contribution >= 4 is 5.69 Å². The fourth-order valence-electron chi connectivity index (χ4n) is 1.06. The van der Waals surface area contributed by atoms with E-state index in [1.54, 1.807) is 13.8 Å². The minimum Gasteiger partial charge on any atom is -0.393 e. The molecule has 1 heterocycles. The van der Waals surface area contributed by atoms with Crippen molar-refractivity contribution in [2.45, 2.75) is 26.0 Å². The average molecular weight is 199 g/mol. The van der Waals surface area contributed by atoms with Crippen LogP contribution >= 0.6 is 0 Å². The number of aromatic nitrogens is 2. The van der Waals surface area contributed by atoms with Crippen LogP contribution in [0, 0.1) is 0 Å². The number of nitrogens with two attached hydrogens (primary N) is 1. The highest BCUT2D eigenvalue weighted by atomic mass is 16.3. The van der Waals surface area contributed by atoms with Crippen LogP contribution in [0.3, 0.4) is 0 Å². The highest BCUT2D eigenvalue weighted by Gasteiger charge is 2.14. The number of aromatic amines is 1. The molecule has 0 atom stereocenters. The largest absolute Gasteiger partial charge is 0.393 e. The van der Waals surface area contributed by atoms with Gasteiger partial charge >= 0.3 is 5.69 Å². The van der Waals surface area contributed by atoms with E-state index in [0.717, 1.165) is 4.57 Å². The van der Waals surface area contributed by atoms with Crippen molar-refractivity contribution in [3.8, 4) is 0 Å². The number of hydrogen-bond acceptors (Lipinski definition) is 4. The summed E-state index contributed by atoms with van der Waals surface area (Å²) in [6.07, 6.45) is 1.22. The van der Waals surface area contributed by atoms with E-state index in [9.17, 15) is 14.7 Å². The van der Waals surface area contributed by atoms with Gasteiger partial charge in [-0.1, -0.05) is 0 Å². The van der Waals surface area contributed by atoms with Crippen LogP contribution in [0.5, 0.6) is 0 Å². The lowest BCUT2D eigenvalue weighted by Crippen LogP contribution is -2.37. The van der Waals surface area contributed by atoms with Gasteiger partial charge in [-0.3, -0.25) is 14.3 Å². The average Bonchev–Trinajstić information content (AvgIpc) is 1.97. The minimum atomic E-state index is -1.03. The molecule has 6 heteroatoms. The van der Waals surface area contributed by atoms with E-state index in [1.807, 2.05) is 4.98 Å². The molecule has 4 N–H and O–H groups in total. The molecule has 14 heavy (non-hydrogen) atoms. The summed E-state index contributed by atoms with van der Waals surface area (Å²) in [6, 6.07) is 0. The monoisotopic (exact) mass is 199 g/mol. The Morgan fingerprint density at radius 1 is 1.57 bits per heavy atom. The van der Waals surface area contributed by atoms with Gasteiger partial charge in [-0.25, -0.2) is 4.79 Å². The third kappa shape index (κ3) is 2.46. The fourth-order valence-corrected chi connectivity index (χ4v) is 1.06. The molecule has 0 aliphatic heterocycles. The number of hydrogen-bond donors (Lipinski definition) is 3. The lowest BCUT2D eigenvalue weighted by atomic mass is 10.1. The molecule has 0 aliphatic rings. The van der Waals surface area contributed by atoms with Crippen molar-refractivity contribution in [2.75, 3.05) is 5.73 Å². The summed E-state index contributed by atoms with van der Waals surface area (Å²) in [5.74, 6) is 0. The lowest BCUT2D eigenvalue weighted by molar-refractivity contribution is 0.0600. The Morgan fingerprint density at radius 3 is 2.64 bits per heavy atom. The third-order valence-corrected chi connectivity index (χ3v) is 1.60. The van der Waals surface area contributed by atoms with E-state index in [0.29, 0.717) is 0 Å². The van der Waals surface area contributed by atoms with Crippen LogP contribution in [0.1, 0.15) is 13.8 Å². The Kier molecular flexibility index (Phi) is 2.48. The maximum Gasteiger partial charge on any atom is 0.328 e. The zero-order chi connectivity index (χ0) is 10.9. The van der Waals surface area contributed by atoms with E-state index < -0.39 is 16.9 Å². The second kappa shape index (κ2) is 3.30. The van der Waals surface area contributed by atoms with Crippen LogP contribution in [0.4, 0.5) is 5.69 Å². The number of rotatable bonds is 2. The first-order valence-electron chi connectivity index (χ1n) is 4.11. The maximum absolute atomic E-state index is 11.2. The fraction of sp³-hybridized carbons (Fsp3) is 0.500. The van der Waals surface area contributed by atoms with Gasteiger partial charge in [0, 0.05) is 6.20 Å². The summed E-state index contributed by atoms with van der Waals surface area (Å²) in [6.45, 7) is 3.19. The topological polar surface area (TPSA) is 101 Å². The third-order valence-electron chi connectivity index (χ3n) is 1.60. The summed E-state index contributed by atoms with van der Waals surface area (Å²) in [5.41, 5.74) is 3.06. The maximum atomic E-state index is 11.2. The van der Waals surface area contributed by atoms with Gasteiger partial charge in [-0.15, -0.1) is 0 Å².